The Morgan fingerprint density at radius 1 is 1.17 bits per heavy atom. The minimum atomic E-state index is 0.0163. The van der Waals surface area contributed by atoms with E-state index in [1.807, 2.05) is 6.07 Å². The number of hydrogen-bond donors (Lipinski definition) is 1. The molecule has 0 radical (unpaired) electrons. The molecule has 2 aromatic carbocycles. The number of fused-ring (bicyclic) bond motifs is 1. The first-order chi connectivity index (χ1) is 14.5. The van der Waals surface area contributed by atoms with E-state index in [1.54, 1.807) is 18.2 Å². The Morgan fingerprint density at radius 3 is 2.70 bits per heavy atom. The molecule has 1 saturated carbocycles. The molecule has 6 heteroatoms. The number of rotatable bonds is 4. The number of nitrogens with one attached hydrogen (secondary N) is 1. The second-order valence-corrected chi connectivity index (χ2v) is 8.67. The summed E-state index contributed by atoms with van der Waals surface area (Å²) in [6.07, 6.45) is 4.64. The van der Waals surface area contributed by atoms with Crippen LogP contribution in [0.4, 0.5) is 5.69 Å². The van der Waals surface area contributed by atoms with Crippen molar-refractivity contribution in [2.24, 2.45) is 0 Å². The first kappa shape index (κ1) is 20.7. The highest BCUT2D eigenvalue weighted by Gasteiger charge is 2.24. The van der Waals surface area contributed by atoms with Gasteiger partial charge in [-0.1, -0.05) is 23.7 Å². The molecule has 4 rings (SSSR count). The number of benzene rings is 2. The summed E-state index contributed by atoms with van der Waals surface area (Å²) in [5, 5.41) is 3.62. The Labute approximate surface area is 182 Å². The Kier molecular flexibility index (Phi) is 6.26. The second-order valence-electron chi connectivity index (χ2n) is 8.26. The lowest BCUT2D eigenvalue weighted by Gasteiger charge is -2.30. The van der Waals surface area contributed by atoms with Gasteiger partial charge in [-0.05, 0) is 74.5 Å². The van der Waals surface area contributed by atoms with Gasteiger partial charge in [0.25, 0.3) is 5.91 Å². The lowest BCUT2D eigenvalue weighted by molar-refractivity contribution is 0.0893. The zero-order chi connectivity index (χ0) is 21.1. The van der Waals surface area contributed by atoms with E-state index in [0.717, 1.165) is 50.8 Å². The fourth-order valence-corrected chi connectivity index (χ4v) is 4.49. The fourth-order valence-electron chi connectivity index (χ4n) is 4.27. The number of amides is 1. The zero-order valence-corrected chi connectivity index (χ0v) is 17.9. The van der Waals surface area contributed by atoms with Crippen molar-refractivity contribution in [2.75, 3.05) is 13.6 Å². The summed E-state index contributed by atoms with van der Waals surface area (Å²) in [6.45, 7) is 9.05. The standard InChI is InChI=1S/C24H26ClN3O2/c1-26-23-10-9-21(14-22(23)25)30-20-7-5-19(6-8-20)27-24(29)17-3-4-18-15-28(2)12-11-16(18)13-17/h3-4,9-10,13-14,19-20H,5-8,11-12,15H2,2H3,(H,27,29). The van der Waals surface area contributed by atoms with Crippen LogP contribution in [0.2, 0.25) is 5.02 Å². The molecule has 156 valence electrons. The van der Waals surface area contributed by atoms with Gasteiger partial charge in [-0.2, -0.15) is 0 Å². The van der Waals surface area contributed by atoms with Crippen LogP contribution in [0.25, 0.3) is 4.85 Å². The topological polar surface area (TPSA) is 45.9 Å². The summed E-state index contributed by atoms with van der Waals surface area (Å²) in [4.78, 5) is 18.4. The summed E-state index contributed by atoms with van der Waals surface area (Å²) in [5.74, 6) is 0.710. The molecule has 2 aromatic rings. The largest absolute Gasteiger partial charge is 0.490 e. The van der Waals surface area contributed by atoms with Crippen molar-refractivity contribution in [2.45, 2.75) is 50.8 Å². The van der Waals surface area contributed by atoms with E-state index in [4.69, 9.17) is 22.9 Å². The number of halogens is 1. The molecule has 2 aliphatic rings. The molecule has 1 aliphatic carbocycles. The number of ether oxygens (including phenoxy) is 1. The van der Waals surface area contributed by atoms with E-state index in [-0.39, 0.29) is 18.1 Å². The van der Waals surface area contributed by atoms with Crippen molar-refractivity contribution in [3.8, 4) is 5.75 Å². The lowest BCUT2D eigenvalue weighted by atomic mass is 9.92. The lowest BCUT2D eigenvalue weighted by Crippen LogP contribution is -2.39. The van der Waals surface area contributed by atoms with Gasteiger partial charge in [0.1, 0.15) is 5.75 Å². The highest BCUT2D eigenvalue weighted by atomic mass is 35.5. The van der Waals surface area contributed by atoms with Crippen LogP contribution in [0.5, 0.6) is 5.75 Å². The summed E-state index contributed by atoms with van der Waals surface area (Å²) in [5.41, 5.74) is 3.80. The summed E-state index contributed by atoms with van der Waals surface area (Å²) in [6, 6.07) is 11.5. The van der Waals surface area contributed by atoms with Crippen LogP contribution in [0.15, 0.2) is 36.4 Å². The number of carbonyl (C=O) groups is 1. The molecule has 1 aliphatic heterocycles. The Bertz CT molecular complexity index is 977. The molecule has 5 nitrogen and oxygen atoms in total. The first-order valence-corrected chi connectivity index (χ1v) is 10.8. The Balaban J connectivity index is 1.29. The molecule has 1 fully saturated rings. The van der Waals surface area contributed by atoms with E-state index in [9.17, 15) is 4.79 Å². The van der Waals surface area contributed by atoms with Crippen LogP contribution in [0.3, 0.4) is 0 Å². The molecule has 1 heterocycles. The van der Waals surface area contributed by atoms with Gasteiger partial charge in [0.2, 0.25) is 5.69 Å². The van der Waals surface area contributed by atoms with Gasteiger partial charge in [-0.15, -0.1) is 0 Å². The first-order valence-electron chi connectivity index (χ1n) is 10.5. The highest BCUT2D eigenvalue weighted by molar-refractivity contribution is 6.33. The van der Waals surface area contributed by atoms with Gasteiger partial charge >= 0.3 is 0 Å². The molecule has 0 atom stereocenters. The van der Waals surface area contributed by atoms with Crippen molar-refractivity contribution in [1.82, 2.24) is 10.2 Å². The molecule has 0 aromatic heterocycles. The van der Waals surface area contributed by atoms with E-state index in [0.29, 0.717) is 16.5 Å². The quantitative estimate of drug-likeness (QED) is 0.704. The van der Waals surface area contributed by atoms with Gasteiger partial charge in [0, 0.05) is 24.7 Å². The van der Waals surface area contributed by atoms with Crippen LogP contribution in [-0.4, -0.2) is 36.5 Å². The molecule has 0 unspecified atom stereocenters. The fraction of sp³-hybridized carbons (Fsp3) is 0.417. The molecule has 0 saturated heterocycles. The van der Waals surface area contributed by atoms with Gasteiger partial charge < -0.3 is 15.0 Å². The maximum Gasteiger partial charge on any atom is 0.251 e. The van der Waals surface area contributed by atoms with Crippen molar-refractivity contribution in [3.63, 3.8) is 0 Å². The van der Waals surface area contributed by atoms with Crippen molar-refractivity contribution in [3.05, 3.63) is 69.5 Å². The predicted molar refractivity (Wildman–Crippen MR) is 118 cm³/mol. The van der Waals surface area contributed by atoms with Crippen LogP contribution in [0.1, 0.15) is 47.2 Å². The molecule has 0 spiro atoms. The molecule has 1 N–H and O–H groups in total. The second kappa shape index (κ2) is 9.07. The van der Waals surface area contributed by atoms with E-state index in [2.05, 4.69) is 34.2 Å². The van der Waals surface area contributed by atoms with E-state index < -0.39 is 0 Å². The SMILES string of the molecule is [C-]#[N+]c1ccc(OC2CCC(NC(=O)c3ccc4c(c3)CCN(C)C4)CC2)cc1Cl. The maximum atomic E-state index is 12.7. The van der Waals surface area contributed by atoms with E-state index in [1.165, 1.54) is 11.1 Å². The smallest absolute Gasteiger partial charge is 0.251 e. The van der Waals surface area contributed by atoms with Crippen LogP contribution < -0.4 is 10.1 Å². The third-order valence-corrected chi connectivity index (χ3v) is 6.33. The number of hydrogen-bond acceptors (Lipinski definition) is 3. The summed E-state index contributed by atoms with van der Waals surface area (Å²) < 4.78 is 6.04. The molecule has 1 amide bonds. The maximum absolute atomic E-state index is 12.7. The van der Waals surface area contributed by atoms with E-state index >= 15 is 0 Å². The van der Waals surface area contributed by atoms with Gasteiger partial charge in [-0.3, -0.25) is 4.79 Å². The zero-order valence-electron chi connectivity index (χ0n) is 17.2. The summed E-state index contributed by atoms with van der Waals surface area (Å²) >= 11 is 6.09. The molecular weight excluding hydrogens is 398 g/mol. The van der Waals surface area contributed by atoms with Crippen LogP contribution in [0, 0.1) is 6.57 Å². The van der Waals surface area contributed by atoms with Crippen LogP contribution >= 0.6 is 11.6 Å². The monoisotopic (exact) mass is 423 g/mol. The highest BCUT2D eigenvalue weighted by Crippen LogP contribution is 2.31. The minimum absolute atomic E-state index is 0.0163. The molecule has 30 heavy (non-hydrogen) atoms. The van der Waals surface area contributed by atoms with Gasteiger partial charge in [0.15, 0.2) is 0 Å². The number of likely N-dealkylation sites (N-methyl/N-ethyl adjacent to an activating group) is 1. The van der Waals surface area contributed by atoms with Crippen molar-refractivity contribution < 1.29 is 9.53 Å². The minimum Gasteiger partial charge on any atom is -0.490 e. The molecular formula is C24H26ClN3O2. The third kappa shape index (κ3) is 4.77. The van der Waals surface area contributed by atoms with Gasteiger partial charge in [-0.25, -0.2) is 4.85 Å². The van der Waals surface area contributed by atoms with Crippen molar-refractivity contribution >= 4 is 23.2 Å². The summed E-state index contributed by atoms with van der Waals surface area (Å²) in [7, 11) is 2.13. The Morgan fingerprint density at radius 2 is 1.97 bits per heavy atom. The predicted octanol–water partition coefficient (Wildman–Crippen LogP) is 5.00. The average Bonchev–Trinajstić information content (AvgIpc) is 2.75. The third-order valence-electron chi connectivity index (χ3n) is 6.02. The average molecular weight is 424 g/mol. The number of nitrogens with zero attached hydrogens (tertiary/aromatic N) is 2. The van der Waals surface area contributed by atoms with Gasteiger partial charge in [0.05, 0.1) is 17.7 Å². The van der Waals surface area contributed by atoms with Crippen LogP contribution in [-0.2, 0) is 13.0 Å². The normalized spacial score (nSPS) is 21.4. The van der Waals surface area contributed by atoms with Crippen molar-refractivity contribution in [1.29, 1.82) is 0 Å². The Hall–Kier alpha value is -2.55. The number of carbonyl (C=O) groups excluding carboxylic acids is 1. The molecule has 0 bridgehead atoms.